The lowest BCUT2D eigenvalue weighted by molar-refractivity contribution is -0.140. The number of aromatic hydroxyl groups is 4. The van der Waals surface area contributed by atoms with Crippen molar-refractivity contribution in [2.75, 3.05) is 65.4 Å². The van der Waals surface area contributed by atoms with Crippen molar-refractivity contribution in [2.24, 2.45) is 0 Å². The molecule has 2 aromatic heterocycles. The highest BCUT2D eigenvalue weighted by Crippen LogP contribution is 2.40. The first-order valence-corrected chi connectivity index (χ1v) is 28.6. The minimum absolute atomic E-state index is 0.0232. The van der Waals surface area contributed by atoms with Gasteiger partial charge in [-0.15, -0.1) is 20.4 Å². The Morgan fingerprint density at radius 1 is 0.524 bits per heavy atom. The van der Waals surface area contributed by atoms with E-state index in [1.165, 1.54) is 12.1 Å². The molecule has 0 aliphatic carbocycles. The Hall–Kier alpha value is -8.90. The van der Waals surface area contributed by atoms with Crippen molar-refractivity contribution in [2.45, 2.75) is 105 Å². The van der Waals surface area contributed by atoms with Crippen LogP contribution < -0.4 is 21.3 Å². The van der Waals surface area contributed by atoms with Crippen LogP contribution in [0.4, 0.5) is 0 Å². The van der Waals surface area contributed by atoms with E-state index in [-0.39, 0.29) is 82.8 Å². The number of benzene rings is 4. The fourth-order valence-electron chi connectivity index (χ4n) is 10.4. The van der Waals surface area contributed by atoms with Crippen LogP contribution in [0.3, 0.4) is 0 Å². The number of carbonyl (C=O) groups excluding carboxylic acids is 6. The molecule has 24 heteroatoms. The minimum atomic E-state index is -1.20. The fraction of sp³-hybridized carbons (Fsp3) is 0.433. The molecule has 446 valence electrons. The highest BCUT2D eigenvalue weighted by atomic mass is 16.3. The Kier molecular flexibility index (Phi) is 19.7. The van der Waals surface area contributed by atoms with Gasteiger partial charge in [0.15, 0.2) is 11.6 Å². The van der Waals surface area contributed by atoms with Crippen LogP contribution in [0.1, 0.15) is 124 Å². The third kappa shape index (κ3) is 13.9. The first-order chi connectivity index (χ1) is 40.2. The lowest BCUT2D eigenvalue weighted by atomic mass is 9.98. The molecule has 0 saturated carbocycles. The number of carbonyl (C=O) groups is 6. The zero-order valence-electron chi connectivity index (χ0n) is 48.8. The third-order valence-corrected chi connectivity index (χ3v) is 15.1. The van der Waals surface area contributed by atoms with Crippen molar-refractivity contribution in [3.05, 3.63) is 107 Å². The van der Waals surface area contributed by atoms with Gasteiger partial charge in [0.2, 0.25) is 35.3 Å². The maximum atomic E-state index is 13.8. The van der Waals surface area contributed by atoms with Crippen molar-refractivity contribution in [1.82, 2.24) is 70.4 Å². The first kappa shape index (κ1) is 61.2. The summed E-state index contributed by atoms with van der Waals surface area (Å²) in [7, 11) is 0. The van der Waals surface area contributed by atoms with E-state index >= 15 is 0 Å². The van der Waals surface area contributed by atoms with Crippen LogP contribution >= 0.6 is 0 Å². The highest BCUT2D eigenvalue weighted by Gasteiger charge is 2.33. The first-order valence-electron chi connectivity index (χ1n) is 28.6. The summed E-state index contributed by atoms with van der Waals surface area (Å²) in [6.07, 6.45) is -0.203. The Balaban J connectivity index is 0.835. The zero-order chi connectivity index (χ0) is 60.5. The lowest BCUT2D eigenvalue weighted by Gasteiger charge is -2.36. The van der Waals surface area contributed by atoms with E-state index in [2.05, 4.69) is 51.5 Å². The van der Waals surface area contributed by atoms with Crippen molar-refractivity contribution < 1.29 is 49.2 Å². The molecule has 8 N–H and O–H groups in total. The predicted octanol–water partition coefficient (Wildman–Crippen LogP) is 4.53. The van der Waals surface area contributed by atoms with E-state index < -0.39 is 35.7 Å². The van der Waals surface area contributed by atoms with Crippen molar-refractivity contribution >= 4 is 35.4 Å². The van der Waals surface area contributed by atoms with Gasteiger partial charge in [-0.2, -0.15) is 0 Å². The van der Waals surface area contributed by atoms with Gasteiger partial charge in [0.25, 0.3) is 11.8 Å². The molecule has 84 heavy (non-hydrogen) atoms. The van der Waals surface area contributed by atoms with Crippen LogP contribution in [0.2, 0.25) is 0 Å². The molecule has 0 spiro atoms. The van der Waals surface area contributed by atoms with Gasteiger partial charge in [0, 0.05) is 108 Å². The molecule has 0 radical (unpaired) electrons. The van der Waals surface area contributed by atoms with Gasteiger partial charge in [-0.05, 0) is 91.3 Å². The number of amides is 6. The van der Waals surface area contributed by atoms with Gasteiger partial charge < -0.3 is 51.5 Å². The van der Waals surface area contributed by atoms with Crippen molar-refractivity contribution in [3.63, 3.8) is 0 Å². The largest absolute Gasteiger partial charge is 0.508 e. The SMILES string of the molecule is CCNC(=O)c1nnc(-c2cc(C(C)C)c(O)cc2O)n1-c1ccc(CN2CCN(C(=O)C[C@@H](NC(=O)CC)C(=O)N[C@H](C)C(=O)N3CCN(Cc4ccc(-n5c(C(=O)NCC)nnc5-c5cc(C(C)C)c(O)cc5O)cc4)CC3)CC2)cc1. The normalized spacial score (nSPS) is 14.8. The number of phenols is 4. The summed E-state index contributed by atoms with van der Waals surface area (Å²) in [4.78, 5) is 88.2. The lowest BCUT2D eigenvalue weighted by Crippen LogP contribution is -2.57. The van der Waals surface area contributed by atoms with Crippen LogP contribution in [-0.2, 0) is 32.3 Å². The summed E-state index contributed by atoms with van der Waals surface area (Å²) in [5, 5.41) is 70.9. The van der Waals surface area contributed by atoms with Crippen LogP contribution in [0.15, 0.2) is 72.8 Å². The second-order valence-corrected chi connectivity index (χ2v) is 21.7. The molecular formula is C60H76N14O10. The van der Waals surface area contributed by atoms with Crippen LogP contribution in [0.5, 0.6) is 23.0 Å². The van der Waals surface area contributed by atoms with Gasteiger partial charge >= 0.3 is 0 Å². The van der Waals surface area contributed by atoms with E-state index in [9.17, 15) is 49.2 Å². The zero-order valence-corrected chi connectivity index (χ0v) is 48.8. The number of hydrogen-bond acceptors (Lipinski definition) is 16. The van der Waals surface area contributed by atoms with Gasteiger partial charge in [-0.25, -0.2) is 0 Å². The summed E-state index contributed by atoms with van der Waals surface area (Å²) in [5.74, 6) is -2.71. The molecule has 2 aliphatic rings. The molecule has 24 nitrogen and oxygen atoms in total. The summed E-state index contributed by atoms with van der Waals surface area (Å²) >= 11 is 0. The van der Waals surface area contributed by atoms with Gasteiger partial charge in [0.05, 0.1) is 17.5 Å². The quantitative estimate of drug-likeness (QED) is 0.0491. The van der Waals surface area contributed by atoms with Crippen LogP contribution in [-0.4, -0.2) is 183 Å². The Bertz CT molecular complexity index is 3360. The maximum absolute atomic E-state index is 13.8. The molecule has 6 amide bonds. The standard InChI is InChI=1S/C60H76N14O10/c1-9-51(79)64-46(30-52(80)71-24-20-69(21-25-71)33-38-12-16-40(17-13-38)73-53(65-67-55(73)58(82)61-10-2)44-28-42(35(4)5)47(75)31-49(44)77)57(81)63-37(8)60(84)72-26-22-70(23-27-72)34-39-14-18-41(19-15-39)74-54(66-68-56(74)59(83)62-11-3)45-29-43(36(6)7)48(76)32-50(45)78/h12-19,28-29,31-32,35-37,46,75-78H,9-11,20-27,30,33-34H2,1-8H3,(H,61,82)(H,62,83)(H,63,81)(H,64,79)/t37-,46-/m1/s1. The number of rotatable bonds is 21. The van der Waals surface area contributed by atoms with E-state index in [4.69, 9.17) is 0 Å². The monoisotopic (exact) mass is 1150 g/mol. The van der Waals surface area contributed by atoms with E-state index in [0.29, 0.717) is 112 Å². The van der Waals surface area contributed by atoms with E-state index in [1.807, 2.05) is 76.2 Å². The molecular weight excluding hydrogens is 1080 g/mol. The number of piperazine rings is 2. The summed E-state index contributed by atoms with van der Waals surface area (Å²) in [6, 6.07) is 18.7. The van der Waals surface area contributed by atoms with E-state index in [1.54, 1.807) is 58.8 Å². The highest BCUT2D eigenvalue weighted by molar-refractivity contribution is 5.95. The number of nitrogens with one attached hydrogen (secondary N) is 4. The molecule has 2 atom stereocenters. The molecule has 4 heterocycles. The van der Waals surface area contributed by atoms with Crippen molar-refractivity contribution in [3.8, 4) is 57.1 Å². The van der Waals surface area contributed by atoms with Crippen molar-refractivity contribution in [1.29, 1.82) is 0 Å². The van der Waals surface area contributed by atoms with E-state index in [0.717, 1.165) is 11.1 Å². The number of phenolic OH excluding ortho intramolecular Hbond substituents is 4. The molecule has 0 bridgehead atoms. The average Bonchev–Trinajstić information content (AvgIpc) is 2.55. The summed E-state index contributed by atoms with van der Waals surface area (Å²) in [6.45, 7) is 20.0. The summed E-state index contributed by atoms with van der Waals surface area (Å²) in [5.41, 5.74) is 4.88. The van der Waals surface area contributed by atoms with Gasteiger partial charge in [0.1, 0.15) is 35.1 Å². The van der Waals surface area contributed by atoms with Crippen LogP contribution in [0.25, 0.3) is 34.2 Å². The molecule has 2 saturated heterocycles. The number of aromatic nitrogens is 6. The molecule has 8 rings (SSSR count). The maximum Gasteiger partial charge on any atom is 0.289 e. The van der Waals surface area contributed by atoms with Gasteiger partial charge in [-0.1, -0.05) is 58.9 Å². The Labute approximate surface area is 487 Å². The molecule has 4 aromatic carbocycles. The predicted molar refractivity (Wildman–Crippen MR) is 313 cm³/mol. The third-order valence-electron chi connectivity index (χ3n) is 15.1. The smallest absolute Gasteiger partial charge is 0.289 e. The molecule has 2 fully saturated rings. The van der Waals surface area contributed by atoms with Crippen LogP contribution in [0, 0.1) is 0 Å². The average molecular weight is 1150 g/mol. The topological polar surface area (TPSA) is 306 Å². The Morgan fingerprint density at radius 2 is 0.940 bits per heavy atom. The minimum Gasteiger partial charge on any atom is -0.508 e. The summed E-state index contributed by atoms with van der Waals surface area (Å²) < 4.78 is 3.14. The molecule has 6 aromatic rings. The van der Waals surface area contributed by atoms with Gasteiger partial charge in [-0.3, -0.25) is 47.7 Å². The number of nitrogens with zero attached hydrogens (tertiary/aromatic N) is 10. The Morgan fingerprint density at radius 3 is 1.33 bits per heavy atom. The second kappa shape index (κ2) is 27.0. The molecule has 2 aliphatic heterocycles. The second-order valence-electron chi connectivity index (χ2n) is 21.7. The molecule has 0 unspecified atom stereocenters. The number of hydrogen-bond donors (Lipinski definition) is 8. The fourth-order valence-corrected chi connectivity index (χ4v) is 10.4.